The number of halogens is 3. The van der Waals surface area contributed by atoms with Crippen molar-refractivity contribution in [1.29, 1.82) is 0 Å². The van der Waals surface area contributed by atoms with Gasteiger partial charge in [0.1, 0.15) is 29.0 Å². The molecular formula is C25H23ClF2N4O3. The number of aromatic nitrogens is 2. The van der Waals surface area contributed by atoms with Gasteiger partial charge in [-0.1, -0.05) is 24.2 Å². The van der Waals surface area contributed by atoms with Crippen molar-refractivity contribution < 1.29 is 23.4 Å². The lowest BCUT2D eigenvalue weighted by molar-refractivity contribution is -0.126. The highest BCUT2D eigenvalue weighted by molar-refractivity contribution is 6.34. The summed E-state index contributed by atoms with van der Waals surface area (Å²) in [6.45, 7) is 5.30. The highest BCUT2D eigenvalue weighted by Gasteiger charge is 2.28. The number of carbonyl (C=O) groups is 1. The van der Waals surface area contributed by atoms with Gasteiger partial charge in [-0.3, -0.25) is 4.79 Å². The Labute approximate surface area is 205 Å². The van der Waals surface area contributed by atoms with Crippen molar-refractivity contribution in [2.45, 2.75) is 25.4 Å². The molecular weight excluding hydrogens is 478 g/mol. The van der Waals surface area contributed by atoms with E-state index in [9.17, 15) is 14.3 Å². The Morgan fingerprint density at radius 1 is 1.17 bits per heavy atom. The number of nitrogens with zero attached hydrogens (tertiary/aromatic N) is 4. The summed E-state index contributed by atoms with van der Waals surface area (Å²) in [7, 11) is 0. The summed E-state index contributed by atoms with van der Waals surface area (Å²) < 4.78 is 36.5. The van der Waals surface area contributed by atoms with Crippen LogP contribution in [0.1, 0.15) is 19.3 Å². The van der Waals surface area contributed by atoms with Crippen LogP contribution in [-0.2, 0) is 4.79 Å². The Kier molecular flexibility index (Phi) is 6.19. The molecule has 1 aliphatic heterocycles. The molecule has 10 heteroatoms. The van der Waals surface area contributed by atoms with Crippen molar-refractivity contribution >= 4 is 34.2 Å². The maximum Gasteiger partial charge on any atom is 0.319 e. The van der Waals surface area contributed by atoms with E-state index in [0.717, 1.165) is 25.3 Å². The van der Waals surface area contributed by atoms with Crippen LogP contribution in [0.15, 0.2) is 36.9 Å². The average molecular weight is 501 g/mol. The molecule has 1 aliphatic carbocycles. The molecule has 1 saturated heterocycles. The van der Waals surface area contributed by atoms with Crippen molar-refractivity contribution in [2.75, 3.05) is 31.1 Å². The molecule has 1 saturated carbocycles. The number of hydrogen-bond donors (Lipinski definition) is 1. The zero-order chi connectivity index (χ0) is 24.7. The molecule has 35 heavy (non-hydrogen) atoms. The van der Waals surface area contributed by atoms with Crippen LogP contribution >= 0.6 is 11.6 Å². The number of ether oxygens (including phenoxy) is 1. The fourth-order valence-electron chi connectivity index (χ4n) is 4.35. The topological polar surface area (TPSA) is 78.8 Å². The summed E-state index contributed by atoms with van der Waals surface area (Å²) in [4.78, 5) is 24.5. The molecule has 1 N–H and O–H groups in total. The Balaban J connectivity index is 1.64. The van der Waals surface area contributed by atoms with Gasteiger partial charge in [-0.15, -0.1) is 0 Å². The summed E-state index contributed by atoms with van der Waals surface area (Å²) in [6.07, 6.45) is 3.97. The number of aromatic hydroxyl groups is 1. The van der Waals surface area contributed by atoms with E-state index in [-0.39, 0.29) is 39.7 Å². The normalized spacial score (nSPS) is 16.3. The fraction of sp³-hybridized carbons (Fsp3) is 0.320. The first kappa shape index (κ1) is 23.3. The minimum absolute atomic E-state index is 0.0201. The number of benzene rings is 2. The smallest absolute Gasteiger partial charge is 0.319 e. The Morgan fingerprint density at radius 3 is 2.54 bits per heavy atom. The maximum atomic E-state index is 16.0. The molecule has 2 aliphatic rings. The second-order valence-electron chi connectivity index (χ2n) is 8.59. The van der Waals surface area contributed by atoms with Crippen molar-refractivity contribution in [3.63, 3.8) is 0 Å². The standard InChI is InChI=1S/C25H23ClF2N4O3/c1-2-19(34)31-9-11-32(12-10-31)24-15-13-16(26)20(21-17(27)7-4-8-18(21)33)22(28)23(15)29-25(30-24)35-14-5-3-6-14/h2,4,7-8,13-14,33H,1,3,5-6,9-12H2. The van der Waals surface area contributed by atoms with E-state index in [1.807, 2.05) is 4.90 Å². The summed E-state index contributed by atoms with van der Waals surface area (Å²) in [5.74, 6) is -1.87. The third-order valence-electron chi connectivity index (χ3n) is 6.47. The lowest BCUT2D eigenvalue weighted by atomic mass is 9.96. The van der Waals surface area contributed by atoms with Gasteiger partial charge in [-0.2, -0.15) is 9.97 Å². The van der Waals surface area contributed by atoms with Gasteiger partial charge in [-0.25, -0.2) is 8.78 Å². The molecule has 1 aromatic heterocycles. The van der Waals surface area contributed by atoms with Gasteiger partial charge in [0.25, 0.3) is 0 Å². The number of rotatable bonds is 5. The Hall–Kier alpha value is -3.46. The first-order valence-electron chi connectivity index (χ1n) is 11.4. The zero-order valence-electron chi connectivity index (χ0n) is 18.8. The van der Waals surface area contributed by atoms with E-state index in [2.05, 4.69) is 16.5 Å². The monoisotopic (exact) mass is 500 g/mol. The lowest BCUT2D eigenvalue weighted by Gasteiger charge is -2.35. The zero-order valence-corrected chi connectivity index (χ0v) is 19.6. The van der Waals surface area contributed by atoms with Crippen LogP contribution in [0.5, 0.6) is 11.8 Å². The van der Waals surface area contributed by atoms with Gasteiger partial charge in [0.2, 0.25) is 5.91 Å². The quantitative estimate of drug-likeness (QED) is 0.512. The molecule has 1 amide bonds. The highest BCUT2D eigenvalue weighted by atomic mass is 35.5. The number of anilines is 1. The van der Waals surface area contributed by atoms with Crippen LogP contribution in [0.4, 0.5) is 14.6 Å². The molecule has 2 aromatic carbocycles. The molecule has 5 rings (SSSR count). The summed E-state index contributed by atoms with van der Waals surface area (Å²) in [5.41, 5.74) is -0.707. The van der Waals surface area contributed by atoms with Crippen LogP contribution in [0, 0.1) is 11.6 Å². The highest BCUT2D eigenvalue weighted by Crippen LogP contribution is 2.43. The van der Waals surface area contributed by atoms with E-state index < -0.39 is 17.4 Å². The summed E-state index contributed by atoms with van der Waals surface area (Å²) in [5, 5.41) is 10.5. The SMILES string of the molecule is C=CC(=O)N1CCN(c2nc(OC3CCC3)nc3c(F)c(-c4c(O)cccc4F)c(Cl)cc23)CC1. The minimum Gasteiger partial charge on any atom is -0.507 e. The molecule has 182 valence electrons. The maximum absolute atomic E-state index is 16.0. The number of fused-ring (bicyclic) bond motifs is 1. The predicted molar refractivity (Wildman–Crippen MR) is 129 cm³/mol. The van der Waals surface area contributed by atoms with Gasteiger partial charge >= 0.3 is 6.01 Å². The summed E-state index contributed by atoms with van der Waals surface area (Å²) >= 11 is 6.45. The average Bonchev–Trinajstić information content (AvgIpc) is 2.82. The lowest BCUT2D eigenvalue weighted by Crippen LogP contribution is -2.48. The van der Waals surface area contributed by atoms with Crippen LogP contribution < -0.4 is 9.64 Å². The van der Waals surface area contributed by atoms with Gasteiger partial charge in [-0.05, 0) is 43.5 Å². The first-order chi connectivity index (χ1) is 16.9. The molecule has 0 bridgehead atoms. The number of phenolic OH excluding ortho intramolecular Hbond substituents is 1. The third-order valence-corrected chi connectivity index (χ3v) is 6.77. The molecule has 7 nitrogen and oxygen atoms in total. The van der Waals surface area contributed by atoms with Gasteiger partial charge in [0.15, 0.2) is 5.82 Å². The number of hydrogen-bond acceptors (Lipinski definition) is 6. The van der Waals surface area contributed by atoms with E-state index in [4.69, 9.17) is 16.3 Å². The van der Waals surface area contributed by atoms with Crippen LogP contribution in [0.3, 0.4) is 0 Å². The fourth-order valence-corrected chi connectivity index (χ4v) is 4.64. The number of phenols is 1. The first-order valence-corrected chi connectivity index (χ1v) is 11.8. The van der Waals surface area contributed by atoms with E-state index in [1.54, 1.807) is 4.90 Å². The molecule has 0 atom stereocenters. The summed E-state index contributed by atoms with van der Waals surface area (Å²) in [6, 6.07) is 5.20. The third kappa shape index (κ3) is 4.25. The molecule has 0 unspecified atom stereocenters. The van der Waals surface area contributed by atoms with Gasteiger partial charge < -0.3 is 19.6 Å². The molecule has 3 aromatic rings. The van der Waals surface area contributed by atoms with Crippen molar-refractivity contribution in [2.24, 2.45) is 0 Å². The van der Waals surface area contributed by atoms with Crippen molar-refractivity contribution in [3.05, 3.63) is 53.6 Å². The van der Waals surface area contributed by atoms with Crippen LogP contribution in [-0.4, -0.2) is 58.2 Å². The number of piperazine rings is 1. The van der Waals surface area contributed by atoms with Crippen LogP contribution in [0.2, 0.25) is 5.02 Å². The predicted octanol–water partition coefficient (Wildman–Crippen LogP) is 4.70. The second kappa shape index (κ2) is 9.30. The van der Waals surface area contributed by atoms with E-state index in [0.29, 0.717) is 37.4 Å². The Bertz CT molecular complexity index is 1300. The minimum atomic E-state index is -0.879. The largest absolute Gasteiger partial charge is 0.507 e. The van der Waals surface area contributed by atoms with Crippen molar-refractivity contribution in [1.82, 2.24) is 14.9 Å². The van der Waals surface area contributed by atoms with E-state index >= 15 is 4.39 Å². The number of carbonyl (C=O) groups excluding carboxylic acids is 1. The second-order valence-corrected chi connectivity index (χ2v) is 9.00. The van der Waals surface area contributed by atoms with E-state index in [1.165, 1.54) is 24.3 Å². The number of amides is 1. The molecule has 2 fully saturated rings. The Morgan fingerprint density at radius 2 is 1.91 bits per heavy atom. The van der Waals surface area contributed by atoms with Gasteiger partial charge in [0, 0.05) is 37.1 Å². The van der Waals surface area contributed by atoms with Crippen molar-refractivity contribution in [3.8, 4) is 22.9 Å². The molecule has 0 spiro atoms. The van der Waals surface area contributed by atoms with Gasteiger partial charge in [0.05, 0.1) is 10.6 Å². The molecule has 0 radical (unpaired) electrons. The molecule has 2 heterocycles. The van der Waals surface area contributed by atoms with Crippen LogP contribution in [0.25, 0.3) is 22.0 Å².